The summed E-state index contributed by atoms with van der Waals surface area (Å²) in [5.41, 5.74) is 0. The summed E-state index contributed by atoms with van der Waals surface area (Å²) in [5.74, 6) is 0.0895. The molecule has 1 aliphatic carbocycles. The molecule has 1 unspecified atom stereocenters. The Morgan fingerprint density at radius 1 is 1.04 bits per heavy atom. The largest absolute Gasteiger partial charge is 0.344 e. The number of carbonyl (C=O) groups is 3. The first-order valence-corrected chi connectivity index (χ1v) is 8.61. The number of rotatable bonds is 4. The first-order valence-electron chi connectivity index (χ1n) is 8.61. The standard InChI is InChI=1S/C16H28N4O3/c1-3-17-16(23)20-10-8-19(9-11-20)15(22)14(18-12(2)21)13-6-4-5-7-13/h13-14H,3-11H2,1-2H3,(H,17,23)(H,18,21). The molecule has 130 valence electrons. The zero-order chi connectivity index (χ0) is 16.8. The molecule has 7 heteroatoms. The molecule has 0 aromatic rings. The topological polar surface area (TPSA) is 81.8 Å². The van der Waals surface area contributed by atoms with Crippen LogP contribution in [0.15, 0.2) is 0 Å². The van der Waals surface area contributed by atoms with Crippen LogP contribution < -0.4 is 10.6 Å². The van der Waals surface area contributed by atoms with Crippen molar-refractivity contribution in [2.75, 3.05) is 32.7 Å². The van der Waals surface area contributed by atoms with Gasteiger partial charge in [-0.15, -0.1) is 0 Å². The van der Waals surface area contributed by atoms with E-state index >= 15 is 0 Å². The first kappa shape index (κ1) is 17.6. The molecule has 0 aromatic carbocycles. The Labute approximate surface area is 137 Å². The van der Waals surface area contributed by atoms with E-state index in [2.05, 4.69) is 10.6 Å². The predicted molar refractivity (Wildman–Crippen MR) is 86.8 cm³/mol. The molecule has 1 atom stereocenters. The minimum atomic E-state index is -0.411. The van der Waals surface area contributed by atoms with E-state index in [4.69, 9.17) is 0 Å². The van der Waals surface area contributed by atoms with Gasteiger partial charge in [0.25, 0.3) is 0 Å². The van der Waals surface area contributed by atoms with Crippen molar-refractivity contribution in [3.05, 3.63) is 0 Å². The van der Waals surface area contributed by atoms with Crippen molar-refractivity contribution in [3.63, 3.8) is 0 Å². The minimum Gasteiger partial charge on any atom is -0.344 e. The highest BCUT2D eigenvalue weighted by Gasteiger charge is 2.35. The summed E-state index contributed by atoms with van der Waals surface area (Å²) in [4.78, 5) is 39.6. The van der Waals surface area contributed by atoms with E-state index in [9.17, 15) is 14.4 Å². The van der Waals surface area contributed by atoms with Gasteiger partial charge >= 0.3 is 6.03 Å². The summed E-state index contributed by atoms with van der Waals surface area (Å²) in [6, 6.07) is -0.486. The van der Waals surface area contributed by atoms with Crippen LogP contribution in [0.4, 0.5) is 4.79 Å². The molecule has 2 fully saturated rings. The van der Waals surface area contributed by atoms with Gasteiger partial charge in [0, 0.05) is 39.6 Å². The minimum absolute atomic E-state index is 0.00245. The Morgan fingerprint density at radius 2 is 1.61 bits per heavy atom. The van der Waals surface area contributed by atoms with Gasteiger partial charge in [-0.1, -0.05) is 12.8 Å². The van der Waals surface area contributed by atoms with E-state index in [1.165, 1.54) is 6.92 Å². The summed E-state index contributed by atoms with van der Waals surface area (Å²) in [5, 5.41) is 5.63. The normalized spacial score (nSPS) is 20.3. The van der Waals surface area contributed by atoms with Crippen LogP contribution in [-0.4, -0.2) is 66.4 Å². The molecule has 4 amide bonds. The number of nitrogens with one attached hydrogen (secondary N) is 2. The molecule has 2 N–H and O–H groups in total. The summed E-state index contributed by atoms with van der Waals surface area (Å²) < 4.78 is 0. The lowest BCUT2D eigenvalue weighted by molar-refractivity contribution is -0.138. The van der Waals surface area contributed by atoms with Crippen LogP contribution in [0.3, 0.4) is 0 Å². The maximum absolute atomic E-state index is 12.8. The van der Waals surface area contributed by atoms with Gasteiger partial charge in [0.2, 0.25) is 11.8 Å². The SMILES string of the molecule is CCNC(=O)N1CCN(C(=O)C(NC(C)=O)C2CCCC2)CC1. The summed E-state index contributed by atoms with van der Waals surface area (Å²) >= 11 is 0. The quantitative estimate of drug-likeness (QED) is 0.792. The van der Waals surface area contributed by atoms with Crippen LogP contribution in [0.1, 0.15) is 39.5 Å². The van der Waals surface area contributed by atoms with Gasteiger partial charge in [0.15, 0.2) is 0 Å². The Kier molecular flexibility index (Phi) is 6.24. The van der Waals surface area contributed by atoms with E-state index in [-0.39, 0.29) is 23.8 Å². The van der Waals surface area contributed by atoms with Gasteiger partial charge in [-0.3, -0.25) is 9.59 Å². The van der Waals surface area contributed by atoms with Crippen molar-refractivity contribution in [3.8, 4) is 0 Å². The van der Waals surface area contributed by atoms with Crippen molar-refractivity contribution >= 4 is 17.8 Å². The molecule has 1 heterocycles. The summed E-state index contributed by atoms with van der Waals surface area (Å²) in [6.07, 6.45) is 4.24. The predicted octanol–water partition coefficient (Wildman–Crippen LogP) is 0.555. The number of hydrogen-bond acceptors (Lipinski definition) is 3. The second kappa shape index (κ2) is 8.17. The molecule has 0 aromatic heterocycles. The fraction of sp³-hybridized carbons (Fsp3) is 0.812. The van der Waals surface area contributed by atoms with Gasteiger partial charge in [0.1, 0.15) is 6.04 Å². The highest BCUT2D eigenvalue weighted by Crippen LogP contribution is 2.28. The zero-order valence-corrected chi connectivity index (χ0v) is 14.1. The van der Waals surface area contributed by atoms with Gasteiger partial charge in [-0.05, 0) is 25.7 Å². The average Bonchev–Trinajstić information content (AvgIpc) is 3.06. The number of amides is 4. The molecule has 2 aliphatic rings. The lowest BCUT2D eigenvalue weighted by Crippen LogP contribution is -2.58. The van der Waals surface area contributed by atoms with E-state index in [0.29, 0.717) is 32.7 Å². The van der Waals surface area contributed by atoms with Crippen LogP contribution in [0.25, 0.3) is 0 Å². The molecular formula is C16H28N4O3. The molecule has 0 radical (unpaired) electrons. The molecule has 1 saturated heterocycles. The molecule has 1 aliphatic heterocycles. The average molecular weight is 324 g/mol. The monoisotopic (exact) mass is 324 g/mol. The van der Waals surface area contributed by atoms with Crippen LogP contribution in [0.5, 0.6) is 0 Å². The van der Waals surface area contributed by atoms with E-state index in [0.717, 1.165) is 25.7 Å². The Bertz CT molecular complexity index is 441. The molecular weight excluding hydrogens is 296 g/mol. The van der Waals surface area contributed by atoms with E-state index in [1.54, 1.807) is 9.80 Å². The fourth-order valence-electron chi connectivity index (χ4n) is 3.48. The number of piperazine rings is 1. The third-order valence-corrected chi connectivity index (χ3v) is 4.70. The number of nitrogens with zero attached hydrogens (tertiary/aromatic N) is 2. The highest BCUT2D eigenvalue weighted by molar-refractivity contribution is 5.87. The third-order valence-electron chi connectivity index (χ3n) is 4.70. The molecule has 23 heavy (non-hydrogen) atoms. The van der Waals surface area contributed by atoms with Gasteiger partial charge in [-0.2, -0.15) is 0 Å². The van der Waals surface area contributed by atoms with Crippen LogP contribution in [0.2, 0.25) is 0 Å². The molecule has 7 nitrogen and oxygen atoms in total. The Morgan fingerprint density at radius 3 is 2.13 bits per heavy atom. The van der Waals surface area contributed by atoms with Crippen molar-refractivity contribution < 1.29 is 14.4 Å². The van der Waals surface area contributed by atoms with E-state index in [1.807, 2.05) is 6.92 Å². The maximum atomic E-state index is 12.8. The maximum Gasteiger partial charge on any atom is 0.317 e. The van der Waals surface area contributed by atoms with Crippen LogP contribution in [0, 0.1) is 5.92 Å². The molecule has 2 rings (SSSR count). The van der Waals surface area contributed by atoms with Crippen LogP contribution in [-0.2, 0) is 9.59 Å². The lowest BCUT2D eigenvalue weighted by Gasteiger charge is -2.37. The Balaban J connectivity index is 1.93. The highest BCUT2D eigenvalue weighted by atomic mass is 16.2. The molecule has 1 saturated carbocycles. The van der Waals surface area contributed by atoms with Crippen molar-refractivity contribution in [1.82, 2.24) is 20.4 Å². The smallest absolute Gasteiger partial charge is 0.317 e. The van der Waals surface area contributed by atoms with Gasteiger partial charge < -0.3 is 20.4 Å². The number of hydrogen-bond donors (Lipinski definition) is 2. The second-order valence-electron chi connectivity index (χ2n) is 6.37. The lowest BCUT2D eigenvalue weighted by atomic mass is 9.96. The second-order valence-corrected chi connectivity index (χ2v) is 6.37. The van der Waals surface area contributed by atoms with Crippen LogP contribution >= 0.6 is 0 Å². The number of urea groups is 1. The van der Waals surface area contributed by atoms with Gasteiger partial charge in [-0.25, -0.2) is 4.79 Å². The molecule has 0 spiro atoms. The van der Waals surface area contributed by atoms with Gasteiger partial charge in [0.05, 0.1) is 0 Å². The fourth-order valence-corrected chi connectivity index (χ4v) is 3.48. The number of carbonyl (C=O) groups excluding carboxylic acids is 3. The van der Waals surface area contributed by atoms with E-state index < -0.39 is 6.04 Å². The summed E-state index contributed by atoms with van der Waals surface area (Å²) in [6.45, 7) is 6.07. The molecule has 0 bridgehead atoms. The third kappa shape index (κ3) is 4.59. The van der Waals surface area contributed by atoms with Crippen molar-refractivity contribution in [1.29, 1.82) is 0 Å². The van der Waals surface area contributed by atoms with Crippen molar-refractivity contribution in [2.45, 2.75) is 45.6 Å². The Hall–Kier alpha value is -1.79. The van der Waals surface area contributed by atoms with Crippen molar-refractivity contribution in [2.24, 2.45) is 5.92 Å². The zero-order valence-electron chi connectivity index (χ0n) is 14.1. The first-order chi connectivity index (χ1) is 11.0. The summed E-state index contributed by atoms with van der Waals surface area (Å²) in [7, 11) is 0.